The molecule has 1 aromatic carbocycles. The van der Waals surface area contributed by atoms with E-state index in [1.165, 1.54) is 0 Å². The first kappa shape index (κ1) is 10.2. The molecule has 4 N–H and O–H groups in total. The van der Waals surface area contributed by atoms with Gasteiger partial charge in [-0.2, -0.15) is 0 Å². The zero-order valence-electron chi connectivity index (χ0n) is 7.30. The molecule has 0 aliphatic carbocycles. The van der Waals surface area contributed by atoms with Crippen molar-refractivity contribution in [3.8, 4) is 5.75 Å². The van der Waals surface area contributed by atoms with Crippen molar-refractivity contribution in [3.05, 3.63) is 23.3 Å². The van der Waals surface area contributed by atoms with Gasteiger partial charge < -0.3 is 16.2 Å². The molecular weight excluding hydrogens is 194 g/mol. The zero-order chi connectivity index (χ0) is 10.9. The first-order chi connectivity index (χ1) is 6.49. The first-order valence-electron chi connectivity index (χ1n) is 3.60. The van der Waals surface area contributed by atoms with Crippen LogP contribution in [-0.2, 0) is 0 Å². The fourth-order valence-corrected chi connectivity index (χ4v) is 1.01. The number of methoxy groups -OCH3 is 1. The topological polar surface area (TPSA) is 78.3 Å². The lowest BCUT2D eigenvalue weighted by molar-refractivity contribution is 0.1000. The molecule has 0 saturated carbocycles. The Hall–Kier alpha value is -1.85. The van der Waals surface area contributed by atoms with Crippen LogP contribution in [0.15, 0.2) is 6.07 Å². The molecule has 4 nitrogen and oxygen atoms in total. The van der Waals surface area contributed by atoms with E-state index in [4.69, 9.17) is 11.5 Å². The number of amides is 1. The van der Waals surface area contributed by atoms with Crippen LogP contribution < -0.4 is 16.2 Å². The maximum absolute atomic E-state index is 13.2. The van der Waals surface area contributed by atoms with Crippen molar-refractivity contribution in [2.45, 2.75) is 0 Å². The van der Waals surface area contributed by atoms with Crippen molar-refractivity contribution in [2.24, 2.45) is 5.73 Å². The van der Waals surface area contributed by atoms with Gasteiger partial charge in [0.15, 0.2) is 17.4 Å². The van der Waals surface area contributed by atoms with Crippen LogP contribution >= 0.6 is 0 Å². The zero-order valence-corrected chi connectivity index (χ0v) is 7.30. The Labute approximate surface area is 78.4 Å². The Morgan fingerprint density at radius 1 is 1.50 bits per heavy atom. The van der Waals surface area contributed by atoms with Gasteiger partial charge in [-0.05, 0) is 6.07 Å². The van der Waals surface area contributed by atoms with Crippen molar-refractivity contribution in [1.29, 1.82) is 0 Å². The summed E-state index contributed by atoms with van der Waals surface area (Å²) in [6.45, 7) is 0. The summed E-state index contributed by atoms with van der Waals surface area (Å²) >= 11 is 0. The normalized spacial score (nSPS) is 9.93. The molecule has 1 rings (SSSR count). The summed E-state index contributed by atoms with van der Waals surface area (Å²) in [5, 5.41) is 0. The van der Waals surface area contributed by atoms with Gasteiger partial charge >= 0.3 is 0 Å². The van der Waals surface area contributed by atoms with Crippen LogP contribution in [-0.4, -0.2) is 13.0 Å². The van der Waals surface area contributed by atoms with Gasteiger partial charge in [0.05, 0.1) is 18.4 Å². The lowest BCUT2D eigenvalue weighted by Gasteiger charge is -2.08. The summed E-state index contributed by atoms with van der Waals surface area (Å²) in [4.78, 5) is 10.7. The van der Waals surface area contributed by atoms with Gasteiger partial charge in [-0.15, -0.1) is 0 Å². The molecule has 0 unspecified atom stereocenters. The van der Waals surface area contributed by atoms with Crippen molar-refractivity contribution in [1.82, 2.24) is 0 Å². The van der Waals surface area contributed by atoms with Crippen LogP contribution in [0.2, 0.25) is 0 Å². The lowest BCUT2D eigenvalue weighted by atomic mass is 10.1. The number of primary amides is 1. The molecule has 76 valence electrons. The van der Waals surface area contributed by atoms with Crippen LogP contribution in [0, 0.1) is 11.6 Å². The summed E-state index contributed by atoms with van der Waals surface area (Å²) in [5.74, 6) is -3.77. The number of anilines is 1. The number of nitrogens with two attached hydrogens (primary N) is 2. The van der Waals surface area contributed by atoms with Gasteiger partial charge in [0.25, 0.3) is 5.91 Å². The minimum absolute atomic E-state index is 0.402. The van der Waals surface area contributed by atoms with Gasteiger partial charge in [-0.25, -0.2) is 8.78 Å². The van der Waals surface area contributed by atoms with Crippen molar-refractivity contribution >= 4 is 11.6 Å². The van der Waals surface area contributed by atoms with Gasteiger partial charge in [0.2, 0.25) is 0 Å². The number of benzene rings is 1. The van der Waals surface area contributed by atoms with E-state index in [0.29, 0.717) is 0 Å². The van der Waals surface area contributed by atoms with E-state index in [9.17, 15) is 13.6 Å². The quantitative estimate of drug-likeness (QED) is 0.691. The number of carbonyl (C=O) groups is 1. The molecule has 0 aliphatic rings. The number of hydrogen-bond donors (Lipinski definition) is 2. The summed E-state index contributed by atoms with van der Waals surface area (Å²) in [5.41, 5.74) is 9.14. The number of halogens is 2. The summed E-state index contributed by atoms with van der Waals surface area (Å²) in [7, 11) is 1.09. The second kappa shape index (κ2) is 3.49. The molecule has 1 amide bonds. The SMILES string of the molecule is COc1c(F)cc(C(N)=O)c(N)c1F. The molecule has 0 heterocycles. The Balaban J connectivity index is 3.47. The minimum atomic E-state index is -1.12. The smallest absolute Gasteiger partial charge is 0.251 e. The van der Waals surface area contributed by atoms with Gasteiger partial charge in [0.1, 0.15) is 0 Å². The van der Waals surface area contributed by atoms with Crippen LogP contribution in [0.4, 0.5) is 14.5 Å². The van der Waals surface area contributed by atoms with E-state index in [1.807, 2.05) is 0 Å². The summed E-state index contributed by atoms with van der Waals surface area (Å²) in [6, 6.07) is 0.736. The van der Waals surface area contributed by atoms with Crippen molar-refractivity contribution in [2.75, 3.05) is 12.8 Å². The molecule has 0 atom stereocenters. The van der Waals surface area contributed by atoms with E-state index in [0.717, 1.165) is 13.2 Å². The molecule has 6 heteroatoms. The van der Waals surface area contributed by atoms with E-state index < -0.39 is 34.5 Å². The third-order valence-electron chi connectivity index (χ3n) is 1.68. The fraction of sp³-hybridized carbons (Fsp3) is 0.125. The molecule has 0 radical (unpaired) electrons. The highest BCUT2D eigenvalue weighted by Gasteiger charge is 2.19. The van der Waals surface area contributed by atoms with Crippen LogP contribution in [0.5, 0.6) is 5.75 Å². The Bertz CT molecular complexity index is 393. The molecular formula is C8H8F2N2O2. The van der Waals surface area contributed by atoms with Crippen LogP contribution in [0.3, 0.4) is 0 Å². The van der Waals surface area contributed by atoms with Gasteiger partial charge in [-0.3, -0.25) is 4.79 Å². The van der Waals surface area contributed by atoms with E-state index in [1.54, 1.807) is 0 Å². The fourth-order valence-electron chi connectivity index (χ4n) is 1.01. The van der Waals surface area contributed by atoms with Gasteiger partial charge in [-0.1, -0.05) is 0 Å². The monoisotopic (exact) mass is 202 g/mol. The Morgan fingerprint density at radius 2 is 2.07 bits per heavy atom. The summed E-state index contributed by atoms with van der Waals surface area (Å²) in [6.07, 6.45) is 0. The second-order valence-electron chi connectivity index (χ2n) is 2.53. The number of ether oxygens (including phenoxy) is 1. The van der Waals surface area contributed by atoms with Gasteiger partial charge in [0, 0.05) is 0 Å². The number of nitrogen functional groups attached to an aromatic ring is 1. The molecule has 0 aromatic heterocycles. The Morgan fingerprint density at radius 3 is 2.50 bits per heavy atom. The molecule has 0 saturated heterocycles. The first-order valence-corrected chi connectivity index (χ1v) is 3.60. The molecule has 1 aromatic rings. The van der Waals surface area contributed by atoms with E-state index >= 15 is 0 Å². The van der Waals surface area contributed by atoms with E-state index in [2.05, 4.69) is 4.74 Å². The average Bonchev–Trinajstić information content (AvgIpc) is 2.12. The summed E-state index contributed by atoms with van der Waals surface area (Å²) < 4.78 is 30.6. The largest absolute Gasteiger partial charge is 0.491 e. The minimum Gasteiger partial charge on any atom is -0.491 e. The molecule has 0 spiro atoms. The van der Waals surface area contributed by atoms with Crippen LogP contribution in [0.1, 0.15) is 10.4 Å². The molecule has 14 heavy (non-hydrogen) atoms. The molecule has 0 aliphatic heterocycles. The lowest BCUT2D eigenvalue weighted by Crippen LogP contribution is -2.15. The second-order valence-corrected chi connectivity index (χ2v) is 2.53. The highest BCUT2D eigenvalue weighted by molar-refractivity contribution is 5.98. The standard InChI is InChI=1S/C8H8F2N2O2/c1-14-7-4(9)2-3(8(12)13)6(11)5(7)10/h2H,11H2,1H3,(H2,12,13). The number of carbonyl (C=O) groups excluding carboxylic acids is 1. The molecule has 0 bridgehead atoms. The highest BCUT2D eigenvalue weighted by atomic mass is 19.1. The van der Waals surface area contributed by atoms with E-state index in [-0.39, 0.29) is 0 Å². The van der Waals surface area contributed by atoms with Crippen LogP contribution in [0.25, 0.3) is 0 Å². The Kier molecular flexibility index (Phi) is 2.55. The maximum Gasteiger partial charge on any atom is 0.251 e. The average molecular weight is 202 g/mol. The number of rotatable bonds is 2. The molecule has 0 fully saturated rings. The van der Waals surface area contributed by atoms with Crippen molar-refractivity contribution in [3.63, 3.8) is 0 Å². The predicted molar refractivity (Wildman–Crippen MR) is 45.8 cm³/mol. The van der Waals surface area contributed by atoms with Crippen molar-refractivity contribution < 1.29 is 18.3 Å². The number of hydrogen-bond acceptors (Lipinski definition) is 3. The highest BCUT2D eigenvalue weighted by Crippen LogP contribution is 2.28. The predicted octanol–water partition coefficient (Wildman–Crippen LogP) is 0.655. The third kappa shape index (κ3) is 1.46. The third-order valence-corrected chi connectivity index (χ3v) is 1.68. The maximum atomic E-state index is 13.2.